The average Bonchev–Trinajstić information content (AvgIpc) is 3.28. The van der Waals surface area contributed by atoms with Crippen LogP contribution in [0.2, 0.25) is 0 Å². The summed E-state index contributed by atoms with van der Waals surface area (Å²) in [6, 6.07) is 17.6. The number of H-pyrrole nitrogens is 1. The first-order valence-corrected chi connectivity index (χ1v) is 11.3. The lowest BCUT2D eigenvalue weighted by molar-refractivity contribution is 0.141. The monoisotopic (exact) mass is 463 g/mol. The maximum atomic E-state index is 9.86. The molecule has 35 heavy (non-hydrogen) atoms. The highest BCUT2D eigenvalue weighted by atomic mass is 16.3. The fraction of sp³-hybridized carbons (Fsp3) is 0.231. The average molecular weight is 464 g/mol. The number of hydrogen-bond acceptors (Lipinski definition) is 8. The van der Waals surface area contributed by atoms with Crippen LogP contribution in [0.15, 0.2) is 48.8 Å². The van der Waals surface area contributed by atoms with Gasteiger partial charge in [0, 0.05) is 48.4 Å². The molecule has 6 rings (SSSR count). The van der Waals surface area contributed by atoms with Crippen molar-refractivity contribution in [1.29, 1.82) is 10.5 Å². The Morgan fingerprint density at radius 3 is 1.97 bits per heavy atom. The highest BCUT2D eigenvalue weighted by molar-refractivity contribution is 5.99. The summed E-state index contributed by atoms with van der Waals surface area (Å²) < 4.78 is 0. The molecular formula is C26H21N7O2. The number of aromatic nitrogens is 3. The number of β-amino-alcohol motifs (C(OH)–C–C–N with tert-alkyl or cyclic N) is 2. The molecule has 2 aromatic carbocycles. The summed E-state index contributed by atoms with van der Waals surface area (Å²) >= 11 is 0. The Balaban J connectivity index is 1.52. The van der Waals surface area contributed by atoms with Crippen molar-refractivity contribution < 1.29 is 10.2 Å². The first-order chi connectivity index (χ1) is 17.1. The number of aliphatic hydroxyl groups excluding tert-OH is 2. The maximum absolute atomic E-state index is 9.86. The van der Waals surface area contributed by atoms with Crippen LogP contribution in [0.25, 0.3) is 33.5 Å². The van der Waals surface area contributed by atoms with Gasteiger partial charge in [0.15, 0.2) is 0 Å². The highest BCUT2D eigenvalue weighted by Crippen LogP contribution is 2.41. The van der Waals surface area contributed by atoms with Crippen LogP contribution in [0, 0.1) is 22.7 Å². The van der Waals surface area contributed by atoms with E-state index in [2.05, 4.69) is 27.1 Å². The third kappa shape index (κ3) is 3.38. The Morgan fingerprint density at radius 1 is 0.829 bits per heavy atom. The second kappa shape index (κ2) is 8.10. The summed E-state index contributed by atoms with van der Waals surface area (Å²) in [5.41, 5.74) is 6.35. The fourth-order valence-electron chi connectivity index (χ4n) is 4.93. The standard InChI is InChI=1S/C26H21N7O2/c27-8-15-3-1-5-19(24(15)32-10-17(34)11-32)22-7-21-23(29-14-30-26(21)31-22)20-6-2-4-16(9-28)25(20)33-12-18(35)13-33/h1-7,14,17-18,34-35H,10-13H2,(H,29,30,31). The summed E-state index contributed by atoms with van der Waals surface area (Å²) in [6.45, 7) is 1.88. The van der Waals surface area contributed by atoms with Gasteiger partial charge in [0.1, 0.15) is 24.1 Å². The zero-order valence-electron chi connectivity index (χ0n) is 18.7. The molecule has 2 aliphatic heterocycles. The zero-order chi connectivity index (χ0) is 24.1. The smallest absolute Gasteiger partial charge is 0.141 e. The van der Waals surface area contributed by atoms with E-state index in [9.17, 15) is 20.7 Å². The number of anilines is 2. The van der Waals surface area contributed by atoms with Crippen LogP contribution in [0.5, 0.6) is 0 Å². The molecule has 0 atom stereocenters. The molecule has 0 unspecified atom stereocenters. The van der Waals surface area contributed by atoms with Gasteiger partial charge < -0.3 is 25.0 Å². The molecule has 0 aliphatic carbocycles. The van der Waals surface area contributed by atoms with E-state index >= 15 is 0 Å². The third-order valence-corrected chi connectivity index (χ3v) is 6.64. The van der Waals surface area contributed by atoms with Crippen LogP contribution < -0.4 is 9.80 Å². The van der Waals surface area contributed by atoms with Gasteiger partial charge in [0.25, 0.3) is 0 Å². The quantitative estimate of drug-likeness (QED) is 0.420. The molecule has 3 N–H and O–H groups in total. The van der Waals surface area contributed by atoms with Crippen LogP contribution in [0.4, 0.5) is 11.4 Å². The van der Waals surface area contributed by atoms with Gasteiger partial charge in [-0.3, -0.25) is 0 Å². The van der Waals surface area contributed by atoms with Gasteiger partial charge in [0.05, 0.1) is 40.4 Å². The predicted molar refractivity (Wildman–Crippen MR) is 131 cm³/mol. The molecule has 0 saturated carbocycles. The van der Waals surface area contributed by atoms with Gasteiger partial charge in [-0.2, -0.15) is 10.5 Å². The third-order valence-electron chi connectivity index (χ3n) is 6.64. The lowest BCUT2D eigenvalue weighted by Crippen LogP contribution is -2.51. The van der Waals surface area contributed by atoms with Crippen LogP contribution in [-0.4, -0.2) is 63.6 Å². The summed E-state index contributed by atoms with van der Waals surface area (Å²) in [4.78, 5) is 16.4. The predicted octanol–water partition coefficient (Wildman–Crippen LogP) is 2.40. The van der Waals surface area contributed by atoms with Gasteiger partial charge in [-0.05, 0) is 18.2 Å². The molecule has 4 aromatic rings. The zero-order valence-corrected chi connectivity index (χ0v) is 18.7. The van der Waals surface area contributed by atoms with Crippen LogP contribution >= 0.6 is 0 Å². The number of fused-ring (bicyclic) bond motifs is 1. The Morgan fingerprint density at radius 2 is 1.40 bits per heavy atom. The number of para-hydroxylation sites is 2. The number of benzene rings is 2. The molecule has 0 radical (unpaired) electrons. The van der Waals surface area contributed by atoms with Crippen molar-refractivity contribution >= 4 is 22.4 Å². The molecule has 172 valence electrons. The van der Waals surface area contributed by atoms with Crippen molar-refractivity contribution in [3.63, 3.8) is 0 Å². The number of hydrogen-bond donors (Lipinski definition) is 3. The number of aliphatic hydroxyl groups is 2. The second-order valence-corrected chi connectivity index (χ2v) is 8.91. The van der Waals surface area contributed by atoms with Crippen LogP contribution in [0.3, 0.4) is 0 Å². The Kier molecular flexibility index (Phi) is 4.89. The molecule has 9 nitrogen and oxygen atoms in total. The summed E-state index contributed by atoms with van der Waals surface area (Å²) in [5, 5.41) is 40.0. The summed E-state index contributed by atoms with van der Waals surface area (Å²) in [5.74, 6) is 0. The van der Waals surface area contributed by atoms with Crippen LogP contribution in [-0.2, 0) is 0 Å². The number of aromatic amines is 1. The molecule has 2 aliphatic rings. The summed E-state index contributed by atoms with van der Waals surface area (Å²) in [6.07, 6.45) is 0.676. The maximum Gasteiger partial charge on any atom is 0.141 e. The number of nitrogens with one attached hydrogen (secondary N) is 1. The van der Waals surface area contributed by atoms with E-state index in [1.54, 1.807) is 12.1 Å². The van der Waals surface area contributed by atoms with Gasteiger partial charge in [0.2, 0.25) is 0 Å². The highest BCUT2D eigenvalue weighted by Gasteiger charge is 2.31. The summed E-state index contributed by atoms with van der Waals surface area (Å²) in [7, 11) is 0. The van der Waals surface area contributed by atoms with Crippen molar-refractivity contribution in [2.45, 2.75) is 12.2 Å². The molecular weight excluding hydrogens is 442 g/mol. The van der Waals surface area contributed by atoms with Crippen molar-refractivity contribution in [2.75, 3.05) is 36.0 Å². The number of nitriles is 2. The van der Waals surface area contributed by atoms with E-state index in [1.165, 1.54) is 6.33 Å². The Hall–Kier alpha value is -4.44. The van der Waals surface area contributed by atoms with Crippen molar-refractivity contribution in [3.8, 4) is 34.7 Å². The molecule has 0 bridgehead atoms. The minimum Gasteiger partial charge on any atom is -0.389 e. The molecule has 0 amide bonds. The minimum absolute atomic E-state index is 0.402. The lowest BCUT2D eigenvalue weighted by Gasteiger charge is -2.39. The molecule has 9 heteroatoms. The van der Waals surface area contributed by atoms with Crippen LogP contribution in [0.1, 0.15) is 11.1 Å². The molecule has 2 saturated heterocycles. The Bertz CT molecular complexity index is 1540. The number of rotatable bonds is 4. The van der Waals surface area contributed by atoms with E-state index < -0.39 is 12.2 Å². The SMILES string of the molecule is N#Cc1cccc(-c2cc3c(-c4cccc(C#N)c4N4CC(O)C4)ncnc3[nH]2)c1N1CC(O)C1. The normalized spacial score (nSPS) is 16.0. The first kappa shape index (κ1) is 21.1. The van der Waals surface area contributed by atoms with E-state index in [-0.39, 0.29) is 0 Å². The van der Waals surface area contributed by atoms with Gasteiger partial charge >= 0.3 is 0 Å². The second-order valence-electron chi connectivity index (χ2n) is 8.91. The molecule has 2 aromatic heterocycles. The van der Waals surface area contributed by atoms with E-state index in [0.29, 0.717) is 48.6 Å². The van der Waals surface area contributed by atoms with Crippen molar-refractivity contribution in [2.24, 2.45) is 0 Å². The van der Waals surface area contributed by atoms with E-state index in [1.807, 2.05) is 40.1 Å². The van der Waals surface area contributed by atoms with Crippen molar-refractivity contribution in [1.82, 2.24) is 15.0 Å². The number of nitrogens with zero attached hydrogens (tertiary/aromatic N) is 6. The molecule has 0 spiro atoms. The Labute approximate surface area is 201 Å². The fourth-order valence-corrected chi connectivity index (χ4v) is 4.93. The van der Waals surface area contributed by atoms with E-state index in [4.69, 9.17) is 0 Å². The van der Waals surface area contributed by atoms with Gasteiger partial charge in [-0.1, -0.05) is 24.3 Å². The minimum atomic E-state index is -0.412. The lowest BCUT2D eigenvalue weighted by atomic mass is 9.98. The largest absolute Gasteiger partial charge is 0.389 e. The molecule has 4 heterocycles. The van der Waals surface area contributed by atoms with E-state index in [0.717, 1.165) is 33.6 Å². The molecule has 2 fully saturated rings. The van der Waals surface area contributed by atoms with Gasteiger partial charge in [-0.25, -0.2) is 9.97 Å². The topological polar surface area (TPSA) is 136 Å². The first-order valence-electron chi connectivity index (χ1n) is 11.3. The van der Waals surface area contributed by atoms with Crippen molar-refractivity contribution in [3.05, 3.63) is 59.9 Å². The van der Waals surface area contributed by atoms with Gasteiger partial charge in [-0.15, -0.1) is 0 Å².